The Labute approximate surface area is 100 Å². The van der Waals surface area contributed by atoms with Gasteiger partial charge in [0, 0.05) is 5.69 Å². The predicted octanol–water partition coefficient (Wildman–Crippen LogP) is 2.46. The zero-order valence-corrected chi connectivity index (χ0v) is 9.22. The Balaban J connectivity index is 2.78. The van der Waals surface area contributed by atoms with Crippen LogP contribution in [0.2, 0.25) is 0 Å². The largest absolute Gasteiger partial charge is 0.418 e. The van der Waals surface area contributed by atoms with Gasteiger partial charge in [0.1, 0.15) is 5.88 Å². The van der Waals surface area contributed by atoms with Gasteiger partial charge >= 0.3 is 6.18 Å². The van der Waals surface area contributed by atoms with Gasteiger partial charge in [-0.2, -0.15) is 13.2 Å². The number of alkyl halides is 4. The van der Waals surface area contributed by atoms with E-state index in [4.69, 9.17) is 16.7 Å². The first-order valence-corrected chi connectivity index (χ1v) is 5.08. The molecule has 0 radical (unpaired) electrons. The number of rotatable bonds is 3. The van der Waals surface area contributed by atoms with Crippen molar-refractivity contribution in [2.45, 2.75) is 12.3 Å². The van der Waals surface area contributed by atoms with Crippen LogP contribution in [0.3, 0.4) is 0 Å². The summed E-state index contributed by atoms with van der Waals surface area (Å²) in [6.07, 6.45) is -7.23. The lowest BCUT2D eigenvalue weighted by molar-refractivity contribution is -0.206. The Hall–Kier alpha value is -1.27. The number of hydrogen-bond acceptors (Lipinski definition) is 2. The molecule has 2 N–H and O–H groups in total. The first-order valence-electron chi connectivity index (χ1n) is 4.55. The molecule has 0 heterocycles. The molecule has 0 bridgehead atoms. The van der Waals surface area contributed by atoms with Crippen molar-refractivity contribution in [3.63, 3.8) is 0 Å². The van der Waals surface area contributed by atoms with Crippen LogP contribution in [0.25, 0.3) is 0 Å². The van der Waals surface area contributed by atoms with Crippen LogP contribution in [0.5, 0.6) is 0 Å². The molecule has 0 spiro atoms. The molecule has 1 aromatic carbocycles. The molecule has 0 aliphatic heterocycles. The van der Waals surface area contributed by atoms with Crippen molar-refractivity contribution >= 4 is 23.2 Å². The first-order chi connectivity index (χ1) is 7.84. The van der Waals surface area contributed by atoms with Gasteiger partial charge in [0.25, 0.3) is 0 Å². The van der Waals surface area contributed by atoms with Crippen LogP contribution in [0, 0.1) is 0 Å². The fraction of sp³-hybridized carbons (Fsp3) is 0.300. The Morgan fingerprint density at radius 2 is 1.88 bits per heavy atom. The van der Waals surface area contributed by atoms with E-state index in [2.05, 4.69) is 5.32 Å². The van der Waals surface area contributed by atoms with E-state index in [9.17, 15) is 18.0 Å². The third-order valence-corrected chi connectivity index (χ3v) is 2.18. The molecule has 1 aromatic rings. The molecule has 7 heteroatoms. The summed E-state index contributed by atoms with van der Waals surface area (Å²) in [6.45, 7) is 0. The number of carbonyl (C=O) groups excluding carboxylic acids is 1. The molecule has 1 amide bonds. The molecule has 17 heavy (non-hydrogen) atoms. The average molecular weight is 268 g/mol. The van der Waals surface area contributed by atoms with Crippen LogP contribution in [0.15, 0.2) is 24.3 Å². The van der Waals surface area contributed by atoms with E-state index < -0.39 is 18.2 Å². The number of aliphatic hydroxyl groups excluding tert-OH is 1. The Kier molecular flexibility index (Phi) is 4.36. The normalized spacial score (nSPS) is 13.2. The van der Waals surface area contributed by atoms with Crippen LogP contribution in [0.4, 0.5) is 18.9 Å². The number of halogens is 4. The minimum Gasteiger partial charge on any atom is -0.379 e. The van der Waals surface area contributed by atoms with Crippen LogP contribution < -0.4 is 5.32 Å². The fourth-order valence-electron chi connectivity index (χ4n) is 1.13. The number of carbonyl (C=O) groups is 1. The van der Waals surface area contributed by atoms with Crippen LogP contribution in [-0.2, 0) is 4.79 Å². The lowest BCUT2D eigenvalue weighted by atomic mass is 10.1. The lowest BCUT2D eigenvalue weighted by Gasteiger charge is -2.15. The Bertz CT molecular complexity index is 392. The molecule has 0 aromatic heterocycles. The quantitative estimate of drug-likeness (QED) is 0.827. The third-order valence-electron chi connectivity index (χ3n) is 1.94. The molecule has 94 valence electrons. The highest BCUT2D eigenvalue weighted by Crippen LogP contribution is 2.32. The maximum atomic E-state index is 12.2. The SMILES string of the molecule is O=C(CCl)Nc1ccc(C(O)C(F)(F)F)cc1. The summed E-state index contributed by atoms with van der Waals surface area (Å²) in [4.78, 5) is 10.9. The van der Waals surface area contributed by atoms with Gasteiger partial charge in [0.15, 0.2) is 6.10 Å². The van der Waals surface area contributed by atoms with Crippen molar-refractivity contribution in [2.24, 2.45) is 0 Å². The van der Waals surface area contributed by atoms with Crippen molar-refractivity contribution < 1.29 is 23.1 Å². The highest BCUT2D eigenvalue weighted by molar-refractivity contribution is 6.29. The van der Waals surface area contributed by atoms with E-state index in [0.29, 0.717) is 5.69 Å². The van der Waals surface area contributed by atoms with Crippen molar-refractivity contribution in [3.05, 3.63) is 29.8 Å². The van der Waals surface area contributed by atoms with Crippen LogP contribution in [0.1, 0.15) is 11.7 Å². The third kappa shape index (κ3) is 3.90. The summed E-state index contributed by atoms with van der Waals surface area (Å²) in [6, 6.07) is 4.69. The van der Waals surface area contributed by atoms with Crippen molar-refractivity contribution in [2.75, 3.05) is 11.2 Å². The monoisotopic (exact) mass is 267 g/mol. The molecule has 1 atom stereocenters. The number of aliphatic hydroxyl groups is 1. The van der Waals surface area contributed by atoms with Crippen LogP contribution >= 0.6 is 11.6 Å². The molecule has 1 rings (SSSR count). The molecule has 0 fully saturated rings. The summed E-state index contributed by atoms with van der Waals surface area (Å²) < 4.78 is 36.5. The van der Waals surface area contributed by atoms with E-state index in [1.54, 1.807) is 0 Å². The topological polar surface area (TPSA) is 49.3 Å². The van der Waals surface area contributed by atoms with Gasteiger partial charge < -0.3 is 10.4 Å². The van der Waals surface area contributed by atoms with E-state index >= 15 is 0 Å². The van der Waals surface area contributed by atoms with Crippen molar-refractivity contribution in [1.29, 1.82) is 0 Å². The van der Waals surface area contributed by atoms with Gasteiger partial charge in [-0.25, -0.2) is 0 Å². The molecule has 0 aliphatic rings. The van der Waals surface area contributed by atoms with Gasteiger partial charge in [0.2, 0.25) is 5.91 Å². The number of amides is 1. The van der Waals surface area contributed by atoms with E-state index in [1.165, 1.54) is 12.1 Å². The summed E-state index contributed by atoms with van der Waals surface area (Å²) in [5.74, 6) is -0.705. The second-order valence-corrected chi connectivity index (χ2v) is 3.52. The number of hydrogen-bond donors (Lipinski definition) is 2. The Morgan fingerprint density at radius 1 is 1.35 bits per heavy atom. The van der Waals surface area contributed by atoms with Gasteiger partial charge in [-0.05, 0) is 17.7 Å². The summed E-state index contributed by atoms with van der Waals surface area (Å²) >= 11 is 5.24. The van der Waals surface area contributed by atoms with Crippen LogP contribution in [-0.4, -0.2) is 23.1 Å². The molecule has 1 unspecified atom stereocenters. The van der Waals surface area contributed by atoms with Crippen molar-refractivity contribution in [1.82, 2.24) is 0 Å². The van der Waals surface area contributed by atoms with E-state index in [-0.39, 0.29) is 11.4 Å². The highest BCUT2D eigenvalue weighted by atomic mass is 35.5. The maximum absolute atomic E-state index is 12.2. The highest BCUT2D eigenvalue weighted by Gasteiger charge is 2.39. The smallest absolute Gasteiger partial charge is 0.379 e. The zero-order valence-electron chi connectivity index (χ0n) is 8.46. The molecule has 0 aliphatic carbocycles. The Morgan fingerprint density at radius 3 is 2.29 bits per heavy atom. The summed E-state index contributed by atoms with van der Waals surface area (Å²) in [5.41, 5.74) is 0.0233. The second-order valence-electron chi connectivity index (χ2n) is 3.25. The minimum atomic E-state index is -4.71. The molecular formula is C10H9ClF3NO2. The minimum absolute atomic E-state index is 0.243. The predicted molar refractivity (Wildman–Crippen MR) is 56.8 cm³/mol. The summed E-state index contributed by atoms with van der Waals surface area (Å²) in [7, 11) is 0. The second kappa shape index (κ2) is 5.37. The molecule has 3 nitrogen and oxygen atoms in total. The van der Waals surface area contributed by atoms with Gasteiger partial charge in [-0.15, -0.1) is 11.6 Å². The molecular weight excluding hydrogens is 259 g/mol. The number of anilines is 1. The van der Waals surface area contributed by atoms with Crippen molar-refractivity contribution in [3.8, 4) is 0 Å². The maximum Gasteiger partial charge on any atom is 0.418 e. The first kappa shape index (κ1) is 13.8. The van der Waals surface area contributed by atoms with E-state index in [0.717, 1.165) is 12.1 Å². The molecule has 0 saturated heterocycles. The zero-order chi connectivity index (χ0) is 13.1. The van der Waals surface area contributed by atoms with Gasteiger partial charge in [0.05, 0.1) is 0 Å². The fourth-order valence-corrected chi connectivity index (χ4v) is 1.20. The number of nitrogens with one attached hydrogen (secondary N) is 1. The lowest BCUT2D eigenvalue weighted by Crippen LogP contribution is -2.20. The van der Waals surface area contributed by atoms with Gasteiger partial charge in [-0.1, -0.05) is 12.1 Å². The number of benzene rings is 1. The molecule has 0 saturated carbocycles. The summed E-state index contributed by atoms with van der Waals surface area (Å²) in [5, 5.41) is 11.3. The average Bonchev–Trinajstić information content (AvgIpc) is 2.27. The standard InChI is InChI=1S/C10H9ClF3NO2/c11-5-8(16)15-7-3-1-6(2-4-7)9(17)10(12,13)14/h1-4,9,17H,5H2,(H,15,16). The van der Waals surface area contributed by atoms with E-state index in [1.807, 2.05) is 0 Å². The van der Waals surface area contributed by atoms with Gasteiger partial charge in [-0.3, -0.25) is 4.79 Å².